The highest BCUT2D eigenvalue weighted by Gasteiger charge is 2.27. The van der Waals surface area contributed by atoms with E-state index >= 15 is 0 Å². The summed E-state index contributed by atoms with van der Waals surface area (Å²) in [4.78, 5) is 12.0. The Balaban J connectivity index is 2.34. The lowest BCUT2D eigenvalue weighted by Gasteiger charge is -2.28. The molecule has 106 valence electrons. The molecule has 1 N–H and O–H groups in total. The van der Waals surface area contributed by atoms with E-state index in [1.165, 1.54) is 12.3 Å². The number of halogens is 1. The van der Waals surface area contributed by atoms with Crippen molar-refractivity contribution in [1.29, 1.82) is 0 Å². The third-order valence-corrected chi connectivity index (χ3v) is 4.66. The third-order valence-electron chi connectivity index (χ3n) is 3.34. The number of carbonyl (C=O) groups is 1. The van der Waals surface area contributed by atoms with Crippen LogP contribution in [-0.2, 0) is 9.05 Å². The van der Waals surface area contributed by atoms with Crippen LogP contribution in [0.2, 0.25) is 0 Å². The van der Waals surface area contributed by atoms with Gasteiger partial charge in [0.1, 0.15) is 10.6 Å². The van der Waals surface area contributed by atoms with Crippen molar-refractivity contribution in [3.8, 4) is 0 Å². The molecule has 1 fully saturated rings. The van der Waals surface area contributed by atoms with Crippen molar-refractivity contribution in [3.63, 3.8) is 0 Å². The lowest BCUT2D eigenvalue weighted by atomic mass is 9.93. The Kier molecular flexibility index (Phi) is 4.20. The molecule has 1 aromatic heterocycles. The van der Waals surface area contributed by atoms with E-state index in [9.17, 15) is 13.2 Å². The maximum absolute atomic E-state index is 12.0. The van der Waals surface area contributed by atoms with E-state index in [2.05, 4.69) is 5.32 Å². The van der Waals surface area contributed by atoms with Gasteiger partial charge in [0.2, 0.25) is 0 Å². The fourth-order valence-corrected chi connectivity index (χ4v) is 2.81. The zero-order chi connectivity index (χ0) is 14.0. The van der Waals surface area contributed by atoms with Gasteiger partial charge in [-0.05, 0) is 31.7 Å². The van der Waals surface area contributed by atoms with Gasteiger partial charge >= 0.3 is 0 Å². The number of nitrogens with one attached hydrogen (secondary N) is 1. The highest BCUT2D eigenvalue weighted by atomic mass is 35.7. The Morgan fingerprint density at radius 3 is 2.68 bits per heavy atom. The van der Waals surface area contributed by atoms with E-state index in [1.807, 2.05) is 6.92 Å². The zero-order valence-electron chi connectivity index (χ0n) is 10.7. The molecule has 0 spiro atoms. The molecule has 0 aliphatic heterocycles. The minimum absolute atomic E-state index is 0.0114. The van der Waals surface area contributed by atoms with Gasteiger partial charge in [-0.15, -0.1) is 0 Å². The van der Waals surface area contributed by atoms with E-state index in [0.29, 0.717) is 12.2 Å². The zero-order valence-corrected chi connectivity index (χ0v) is 12.3. The molecule has 0 unspecified atom stereocenters. The average Bonchev–Trinajstić information content (AvgIpc) is 2.68. The van der Waals surface area contributed by atoms with Gasteiger partial charge < -0.3 is 9.88 Å². The second-order valence-electron chi connectivity index (χ2n) is 4.75. The highest BCUT2D eigenvalue weighted by Crippen LogP contribution is 2.34. The molecule has 0 aromatic carbocycles. The van der Waals surface area contributed by atoms with Gasteiger partial charge in [0.25, 0.3) is 15.0 Å². The van der Waals surface area contributed by atoms with Crippen LogP contribution in [0.25, 0.3) is 0 Å². The maximum Gasteiger partial charge on any atom is 0.267 e. The van der Waals surface area contributed by atoms with E-state index in [-0.39, 0.29) is 16.8 Å². The normalized spacial score (nSPS) is 16.1. The molecule has 0 radical (unpaired) electrons. The fraction of sp³-hybridized carbons (Fsp3) is 0.583. The Morgan fingerprint density at radius 2 is 2.21 bits per heavy atom. The summed E-state index contributed by atoms with van der Waals surface area (Å²) < 4.78 is 24.5. The number of aromatic nitrogens is 1. The molecular formula is C12H17ClN2O3S. The lowest BCUT2D eigenvalue weighted by Crippen LogP contribution is -2.29. The van der Waals surface area contributed by atoms with E-state index in [1.54, 1.807) is 4.57 Å². The molecule has 1 saturated carbocycles. The summed E-state index contributed by atoms with van der Waals surface area (Å²) >= 11 is 0. The molecule has 0 atom stereocenters. The Labute approximate surface area is 117 Å². The predicted molar refractivity (Wildman–Crippen MR) is 73.0 cm³/mol. The maximum atomic E-state index is 12.0. The van der Waals surface area contributed by atoms with Gasteiger partial charge in [-0.1, -0.05) is 6.92 Å². The van der Waals surface area contributed by atoms with Crippen LogP contribution in [0.1, 0.15) is 49.1 Å². The first-order chi connectivity index (χ1) is 8.93. The van der Waals surface area contributed by atoms with E-state index in [0.717, 1.165) is 25.7 Å². The van der Waals surface area contributed by atoms with E-state index in [4.69, 9.17) is 10.7 Å². The van der Waals surface area contributed by atoms with Crippen LogP contribution in [0.15, 0.2) is 17.2 Å². The monoisotopic (exact) mass is 304 g/mol. The minimum Gasteiger partial charge on any atom is -0.351 e. The number of hydrogen-bond acceptors (Lipinski definition) is 3. The average molecular weight is 305 g/mol. The van der Waals surface area contributed by atoms with Gasteiger partial charge in [0.05, 0.1) is 0 Å². The van der Waals surface area contributed by atoms with Crippen LogP contribution >= 0.6 is 10.7 Å². The van der Waals surface area contributed by atoms with Crippen molar-refractivity contribution >= 4 is 25.6 Å². The SMILES string of the molecule is CCCNC(=O)c1cc(S(=O)(=O)Cl)cn1C1CCC1. The van der Waals surface area contributed by atoms with Gasteiger partial charge in [0.15, 0.2) is 0 Å². The molecule has 1 heterocycles. The minimum atomic E-state index is -3.80. The molecule has 7 heteroatoms. The van der Waals surface area contributed by atoms with Crippen molar-refractivity contribution in [3.05, 3.63) is 18.0 Å². The van der Waals surface area contributed by atoms with Crippen molar-refractivity contribution in [2.75, 3.05) is 6.54 Å². The predicted octanol–water partition coefficient (Wildman–Crippen LogP) is 2.28. The first-order valence-electron chi connectivity index (χ1n) is 6.38. The summed E-state index contributed by atoms with van der Waals surface area (Å²) in [5.41, 5.74) is 0.373. The van der Waals surface area contributed by atoms with Gasteiger partial charge in [0, 0.05) is 29.5 Å². The van der Waals surface area contributed by atoms with E-state index < -0.39 is 9.05 Å². The molecule has 1 aliphatic rings. The molecule has 19 heavy (non-hydrogen) atoms. The van der Waals surface area contributed by atoms with Crippen LogP contribution in [-0.4, -0.2) is 25.4 Å². The molecule has 0 bridgehead atoms. The number of nitrogens with zero attached hydrogens (tertiary/aromatic N) is 1. The Bertz CT molecular complexity index is 576. The van der Waals surface area contributed by atoms with Crippen LogP contribution in [0.5, 0.6) is 0 Å². The molecule has 1 aromatic rings. The van der Waals surface area contributed by atoms with Crippen LogP contribution in [0.4, 0.5) is 0 Å². The summed E-state index contributed by atoms with van der Waals surface area (Å²) in [5, 5.41) is 2.76. The number of amides is 1. The number of hydrogen-bond donors (Lipinski definition) is 1. The summed E-state index contributed by atoms with van der Waals surface area (Å²) in [6.07, 6.45) is 5.32. The second-order valence-corrected chi connectivity index (χ2v) is 7.31. The van der Waals surface area contributed by atoms with Crippen LogP contribution in [0.3, 0.4) is 0 Å². The topological polar surface area (TPSA) is 68.2 Å². The summed E-state index contributed by atoms with van der Waals surface area (Å²) in [5.74, 6) is -0.250. The highest BCUT2D eigenvalue weighted by molar-refractivity contribution is 8.13. The van der Waals surface area contributed by atoms with Crippen LogP contribution in [0, 0.1) is 0 Å². The standard InChI is InChI=1S/C12H17ClN2O3S/c1-2-6-14-12(16)11-7-10(19(13,17)18)8-15(11)9-4-3-5-9/h7-9H,2-6H2,1H3,(H,14,16). The molecule has 0 saturated heterocycles. The largest absolute Gasteiger partial charge is 0.351 e. The molecule has 1 aliphatic carbocycles. The summed E-state index contributed by atoms with van der Waals surface area (Å²) in [6.45, 7) is 2.53. The van der Waals surface area contributed by atoms with Gasteiger partial charge in [-0.2, -0.15) is 0 Å². The van der Waals surface area contributed by atoms with Crippen molar-refractivity contribution in [2.24, 2.45) is 0 Å². The summed E-state index contributed by atoms with van der Waals surface area (Å²) in [7, 11) is 1.54. The smallest absolute Gasteiger partial charge is 0.267 e. The summed E-state index contributed by atoms with van der Waals surface area (Å²) in [6, 6.07) is 1.56. The molecule has 1 amide bonds. The van der Waals surface area contributed by atoms with Gasteiger partial charge in [-0.3, -0.25) is 4.79 Å². The van der Waals surface area contributed by atoms with Crippen molar-refractivity contribution < 1.29 is 13.2 Å². The third kappa shape index (κ3) is 3.12. The van der Waals surface area contributed by atoms with Crippen molar-refractivity contribution in [1.82, 2.24) is 9.88 Å². The number of carbonyl (C=O) groups excluding carboxylic acids is 1. The van der Waals surface area contributed by atoms with Crippen molar-refractivity contribution in [2.45, 2.75) is 43.5 Å². The lowest BCUT2D eigenvalue weighted by molar-refractivity contribution is 0.0938. The van der Waals surface area contributed by atoms with Gasteiger partial charge in [-0.25, -0.2) is 8.42 Å². The first-order valence-corrected chi connectivity index (χ1v) is 8.69. The molecule has 5 nitrogen and oxygen atoms in total. The Hall–Kier alpha value is -1.01. The quantitative estimate of drug-likeness (QED) is 0.849. The number of rotatable bonds is 5. The first kappa shape index (κ1) is 14.4. The Morgan fingerprint density at radius 1 is 1.53 bits per heavy atom. The molecular weight excluding hydrogens is 288 g/mol. The fourth-order valence-electron chi connectivity index (χ4n) is 2.07. The van der Waals surface area contributed by atoms with Crippen LogP contribution < -0.4 is 5.32 Å². The molecule has 2 rings (SSSR count). The second kappa shape index (κ2) is 5.54.